The lowest BCUT2D eigenvalue weighted by molar-refractivity contribution is -0.121. The summed E-state index contributed by atoms with van der Waals surface area (Å²) >= 11 is 0. The van der Waals surface area contributed by atoms with Gasteiger partial charge in [0.15, 0.2) is 0 Å². The number of rotatable bonds is 8. The summed E-state index contributed by atoms with van der Waals surface area (Å²) in [6.07, 6.45) is 5.34. The summed E-state index contributed by atoms with van der Waals surface area (Å²) in [5.74, 6) is 0.505. The number of morpholine rings is 1. The first-order valence-corrected chi connectivity index (χ1v) is 13.5. The maximum absolute atomic E-state index is 13.0. The Labute approximate surface area is 202 Å². The molecule has 1 amide bonds. The Kier molecular flexibility index (Phi) is 7.91. The van der Waals surface area contributed by atoms with Gasteiger partial charge in [-0.3, -0.25) is 4.79 Å². The number of hydrogen-bond acceptors (Lipinski definition) is 5. The average Bonchev–Trinajstić information content (AvgIpc) is 2.87. The summed E-state index contributed by atoms with van der Waals surface area (Å²) in [6, 6.07) is 11.3. The molecule has 34 heavy (non-hydrogen) atoms. The van der Waals surface area contributed by atoms with Crippen LogP contribution in [0.4, 0.5) is 0 Å². The number of sulfonamides is 1. The van der Waals surface area contributed by atoms with E-state index in [0.29, 0.717) is 44.0 Å². The minimum Gasteiger partial charge on any atom is -0.496 e. The molecule has 0 unspecified atom stereocenters. The van der Waals surface area contributed by atoms with Crippen LogP contribution in [0.15, 0.2) is 41.3 Å². The molecule has 0 spiro atoms. The number of fused-ring (bicyclic) bond motifs is 1. The largest absolute Gasteiger partial charge is 0.496 e. The van der Waals surface area contributed by atoms with Gasteiger partial charge in [-0.05, 0) is 79.5 Å². The van der Waals surface area contributed by atoms with Crippen LogP contribution in [0.2, 0.25) is 0 Å². The van der Waals surface area contributed by atoms with Crippen LogP contribution in [-0.4, -0.2) is 52.0 Å². The fraction of sp³-hybridized carbons (Fsp3) is 0.500. The van der Waals surface area contributed by atoms with Crippen molar-refractivity contribution >= 4 is 15.9 Å². The van der Waals surface area contributed by atoms with Gasteiger partial charge in [-0.15, -0.1) is 0 Å². The number of hydrogen-bond donors (Lipinski definition) is 1. The van der Waals surface area contributed by atoms with Crippen molar-refractivity contribution in [1.29, 1.82) is 0 Å². The van der Waals surface area contributed by atoms with Crippen LogP contribution in [0.25, 0.3) is 0 Å². The Hall–Kier alpha value is -2.42. The lowest BCUT2D eigenvalue weighted by Crippen LogP contribution is -2.40. The molecule has 0 bridgehead atoms. The van der Waals surface area contributed by atoms with Gasteiger partial charge in [0.1, 0.15) is 5.75 Å². The molecule has 1 fully saturated rings. The van der Waals surface area contributed by atoms with E-state index in [0.717, 1.165) is 18.4 Å². The van der Waals surface area contributed by atoms with Gasteiger partial charge in [0, 0.05) is 19.5 Å². The smallest absolute Gasteiger partial charge is 0.243 e. The third kappa shape index (κ3) is 5.62. The maximum atomic E-state index is 13.0. The molecule has 1 N–H and O–H groups in total. The van der Waals surface area contributed by atoms with Crippen molar-refractivity contribution in [3.8, 4) is 5.75 Å². The highest BCUT2D eigenvalue weighted by Crippen LogP contribution is 2.27. The number of carbonyl (C=O) groups is 1. The molecule has 1 heterocycles. The van der Waals surface area contributed by atoms with Crippen LogP contribution < -0.4 is 10.1 Å². The van der Waals surface area contributed by atoms with Crippen LogP contribution in [0, 0.1) is 0 Å². The number of aryl methyl sites for hydroxylation is 3. The number of amides is 1. The fourth-order valence-corrected chi connectivity index (χ4v) is 6.17. The van der Waals surface area contributed by atoms with Crippen LogP contribution in [0.3, 0.4) is 0 Å². The molecular weight excluding hydrogens is 452 g/mol. The van der Waals surface area contributed by atoms with Crippen molar-refractivity contribution in [2.24, 2.45) is 0 Å². The molecule has 1 saturated heterocycles. The van der Waals surface area contributed by atoms with Gasteiger partial charge in [0.25, 0.3) is 0 Å². The molecule has 184 valence electrons. The topological polar surface area (TPSA) is 84.9 Å². The standard InChI is InChI=1S/C26H34N2O5S/c1-19(21-8-7-20-5-3-4-6-22(20)17-21)27-26(29)12-9-23-18-24(10-11-25(23)32-2)34(30,31)28-13-15-33-16-14-28/h7-8,10-11,17-19H,3-6,9,12-16H2,1-2H3,(H,27,29)/t19-/m0/s1. The minimum absolute atomic E-state index is 0.0753. The van der Waals surface area contributed by atoms with Gasteiger partial charge in [0.05, 0.1) is 31.3 Å². The highest BCUT2D eigenvalue weighted by molar-refractivity contribution is 7.89. The van der Waals surface area contributed by atoms with Crippen LogP contribution in [0.5, 0.6) is 5.75 Å². The number of benzene rings is 2. The third-order valence-electron chi connectivity index (χ3n) is 6.73. The van der Waals surface area contributed by atoms with E-state index in [2.05, 4.69) is 23.5 Å². The van der Waals surface area contributed by atoms with Crippen molar-refractivity contribution in [2.45, 2.75) is 56.4 Å². The summed E-state index contributed by atoms with van der Waals surface area (Å²) in [7, 11) is -2.06. The summed E-state index contributed by atoms with van der Waals surface area (Å²) in [5, 5.41) is 3.09. The first kappa shape index (κ1) is 24.7. The second-order valence-corrected chi connectivity index (χ2v) is 11.0. The predicted molar refractivity (Wildman–Crippen MR) is 131 cm³/mol. The number of methoxy groups -OCH3 is 1. The van der Waals surface area contributed by atoms with Crippen molar-refractivity contribution in [3.05, 3.63) is 58.7 Å². The second kappa shape index (κ2) is 10.9. The van der Waals surface area contributed by atoms with Crippen LogP contribution in [0.1, 0.15) is 54.5 Å². The van der Waals surface area contributed by atoms with E-state index in [4.69, 9.17) is 9.47 Å². The van der Waals surface area contributed by atoms with Crippen molar-refractivity contribution in [3.63, 3.8) is 0 Å². The molecule has 0 radical (unpaired) electrons. The Bertz CT molecular complexity index is 1130. The third-order valence-corrected chi connectivity index (χ3v) is 8.63. The monoisotopic (exact) mass is 486 g/mol. The van der Waals surface area contributed by atoms with Gasteiger partial charge in [-0.2, -0.15) is 4.31 Å². The molecule has 2 aliphatic rings. The van der Waals surface area contributed by atoms with E-state index >= 15 is 0 Å². The zero-order chi connectivity index (χ0) is 24.1. The molecule has 8 heteroatoms. The first-order chi connectivity index (χ1) is 16.4. The van der Waals surface area contributed by atoms with Gasteiger partial charge in [-0.1, -0.05) is 18.2 Å². The molecule has 0 aromatic heterocycles. The molecular formula is C26H34N2O5S. The Morgan fingerprint density at radius 1 is 1.09 bits per heavy atom. The zero-order valence-corrected chi connectivity index (χ0v) is 20.8. The van der Waals surface area contributed by atoms with Gasteiger partial charge in [-0.25, -0.2) is 8.42 Å². The zero-order valence-electron chi connectivity index (χ0n) is 20.0. The summed E-state index contributed by atoms with van der Waals surface area (Å²) in [6.45, 7) is 3.47. The molecule has 2 aromatic rings. The molecule has 2 aromatic carbocycles. The highest BCUT2D eigenvalue weighted by atomic mass is 32.2. The quantitative estimate of drug-likeness (QED) is 0.618. The number of ether oxygens (including phenoxy) is 2. The summed E-state index contributed by atoms with van der Waals surface area (Å²) < 4.78 is 38.2. The molecule has 1 atom stereocenters. The van der Waals surface area contributed by atoms with Crippen molar-refractivity contribution in [1.82, 2.24) is 9.62 Å². The highest BCUT2D eigenvalue weighted by Gasteiger charge is 2.27. The van der Waals surface area contributed by atoms with Crippen LogP contribution in [-0.2, 0) is 38.8 Å². The lowest BCUT2D eigenvalue weighted by atomic mass is 9.89. The van der Waals surface area contributed by atoms with E-state index in [-0.39, 0.29) is 23.3 Å². The fourth-order valence-electron chi connectivity index (χ4n) is 4.71. The van der Waals surface area contributed by atoms with Gasteiger partial charge < -0.3 is 14.8 Å². The van der Waals surface area contributed by atoms with E-state index < -0.39 is 10.0 Å². The Morgan fingerprint density at radius 2 is 1.82 bits per heavy atom. The predicted octanol–water partition coefficient (Wildman–Crippen LogP) is 3.40. The SMILES string of the molecule is COc1ccc(S(=O)(=O)N2CCOCC2)cc1CCC(=O)N[C@@H](C)c1ccc2c(c1)CCCC2. The van der Waals surface area contributed by atoms with Crippen molar-refractivity contribution in [2.75, 3.05) is 33.4 Å². The van der Waals surface area contributed by atoms with E-state index in [1.165, 1.54) is 28.3 Å². The number of nitrogens with zero attached hydrogens (tertiary/aromatic N) is 1. The number of nitrogens with one attached hydrogen (secondary N) is 1. The first-order valence-electron chi connectivity index (χ1n) is 12.0. The number of carbonyl (C=O) groups excluding carboxylic acids is 1. The average molecular weight is 487 g/mol. The Morgan fingerprint density at radius 3 is 2.56 bits per heavy atom. The minimum atomic E-state index is -3.61. The molecule has 7 nitrogen and oxygen atoms in total. The summed E-state index contributed by atoms with van der Waals surface area (Å²) in [4.78, 5) is 12.9. The molecule has 0 saturated carbocycles. The lowest BCUT2D eigenvalue weighted by Gasteiger charge is -2.26. The summed E-state index contributed by atoms with van der Waals surface area (Å²) in [5.41, 5.74) is 4.64. The van der Waals surface area contributed by atoms with Gasteiger partial charge in [0.2, 0.25) is 15.9 Å². The maximum Gasteiger partial charge on any atom is 0.243 e. The molecule has 1 aliphatic carbocycles. The Balaban J connectivity index is 1.41. The molecule has 4 rings (SSSR count). The molecule has 1 aliphatic heterocycles. The van der Waals surface area contributed by atoms with E-state index in [1.54, 1.807) is 25.3 Å². The second-order valence-electron chi connectivity index (χ2n) is 9.01. The van der Waals surface area contributed by atoms with E-state index in [9.17, 15) is 13.2 Å². The van der Waals surface area contributed by atoms with Crippen LogP contribution >= 0.6 is 0 Å². The van der Waals surface area contributed by atoms with Gasteiger partial charge >= 0.3 is 0 Å². The van der Waals surface area contributed by atoms with Crippen molar-refractivity contribution < 1.29 is 22.7 Å². The normalized spacial score (nSPS) is 17.6. The van der Waals surface area contributed by atoms with E-state index in [1.807, 2.05) is 6.92 Å².